The third-order valence-corrected chi connectivity index (χ3v) is 5.23. The van der Waals surface area contributed by atoms with Crippen molar-refractivity contribution >= 4 is 17.5 Å². The Morgan fingerprint density at radius 3 is 2.37 bits per heavy atom. The van der Waals surface area contributed by atoms with E-state index in [4.69, 9.17) is 0 Å². The Hall–Kier alpha value is -2.63. The largest absolute Gasteiger partial charge is 0.353 e. The Morgan fingerprint density at radius 1 is 1.00 bits per heavy atom. The first kappa shape index (κ1) is 19.1. The number of rotatable bonds is 7. The van der Waals surface area contributed by atoms with Gasteiger partial charge in [-0.1, -0.05) is 26.0 Å². The standard InChI is InChI=1S/C21H29N5O/c1-3-17(4-2)21(27)24-16-18-8-7-11-23-20(18)26-14-12-25(13-15-26)19-9-5-6-10-22-19/h5-11,17H,3-4,12-16H2,1-2H3,(H,24,27). The average molecular weight is 367 g/mol. The predicted molar refractivity (Wildman–Crippen MR) is 109 cm³/mol. The highest BCUT2D eigenvalue weighted by molar-refractivity contribution is 5.78. The first-order chi connectivity index (χ1) is 13.2. The summed E-state index contributed by atoms with van der Waals surface area (Å²) in [6, 6.07) is 10.0. The summed E-state index contributed by atoms with van der Waals surface area (Å²) in [4.78, 5) is 26.0. The molecular formula is C21H29N5O. The Balaban J connectivity index is 1.62. The Morgan fingerprint density at radius 2 is 1.70 bits per heavy atom. The predicted octanol–water partition coefficient (Wildman–Crippen LogP) is 2.86. The maximum Gasteiger partial charge on any atom is 0.223 e. The van der Waals surface area contributed by atoms with Gasteiger partial charge in [-0.25, -0.2) is 9.97 Å². The molecule has 0 radical (unpaired) electrons. The van der Waals surface area contributed by atoms with E-state index in [0.29, 0.717) is 6.54 Å². The molecular weight excluding hydrogens is 338 g/mol. The second kappa shape index (κ2) is 9.35. The summed E-state index contributed by atoms with van der Waals surface area (Å²) in [6.07, 6.45) is 5.41. The molecule has 1 amide bonds. The van der Waals surface area contributed by atoms with Crippen molar-refractivity contribution in [3.05, 3.63) is 48.3 Å². The lowest BCUT2D eigenvalue weighted by Gasteiger charge is -2.36. The number of anilines is 2. The maximum atomic E-state index is 12.3. The number of hydrogen-bond acceptors (Lipinski definition) is 5. The molecule has 1 saturated heterocycles. The van der Waals surface area contributed by atoms with Gasteiger partial charge in [0.1, 0.15) is 11.6 Å². The molecule has 3 heterocycles. The molecule has 0 aromatic carbocycles. The molecule has 0 saturated carbocycles. The van der Waals surface area contributed by atoms with Crippen LogP contribution in [0.2, 0.25) is 0 Å². The molecule has 0 bridgehead atoms. The zero-order chi connectivity index (χ0) is 19.1. The van der Waals surface area contributed by atoms with Gasteiger partial charge in [0.05, 0.1) is 0 Å². The van der Waals surface area contributed by atoms with Crippen LogP contribution in [0.25, 0.3) is 0 Å². The highest BCUT2D eigenvalue weighted by Gasteiger charge is 2.21. The van der Waals surface area contributed by atoms with Crippen molar-refractivity contribution in [1.29, 1.82) is 0 Å². The Kier molecular flexibility index (Phi) is 6.63. The van der Waals surface area contributed by atoms with Crippen LogP contribution in [-0.2, 0) is 11.3 Å². The van der Waals surface area contributed by atoms with Crippen molar-refractivity contribution in [2.75, 3.05) is 36.0 Å². The number of aromatic nitrogens is 2. The number of amides is 1. The monoisotopic (exact) mass is 367 g/mol. The summed E-state index contributed by atoms with van der Waals surface area (Å²) in [7, 11) is 0. The number of pyridine rings is 2. The SMILES string of the molecule is CCC(CC)C(=O)NCc1cccnc1N1CCN(c2ccccn2)CC1. The van der Waals surface area contributed by atoms with Gasteiger partial charge in [-0.3, -0.25) is 4.79 Å². The molecule has 6 heteroatoms. The molecule has 2 aromatic rings. The number of piperazine rings is 1. The molecule has 2 aromatic heterocycles. The average Bonchev–Trinajstić information content (AvgIpc) is 2.74. The van der Waals surface area contributed by atoms with E-state index in [1.807, 2.05) is 30.6 Å². The molecule has 1 aliphatic heterocycles. The van der Waals surface area contributed by atoms with Crippen molar-refractivity contribution in [2.24, 2.45) is 5.92 Å². The maximum absolute atomic E-state index is 12.3. The second-order valence-electron chi connectivity index (χ2n) is 6.88. The van der Waals surface area contributed by atoms with E-state index >= 15 is 0 Å². The highest BCUT2D eigenvalue weighted by atomic mass is 16.1. The molecule has 1 N–H and O–H groups in total. The lowest BCUT2D eigenvalue weighted by Crippen LogP contribution is -2.47. The van der Waals surface area contributed by atoms with Crippen molar-refractivity contribution in [2.45, 2.75) is 33.2 Å². The number of nitrogens with one attached hydrogen (secondary N) is 1. The first-order valence-electron chi connectivity index (χ1n) is 9.85. The highest BCUT2D eigenvalue weighted by Crippen LogP contribution is 2.21. The van der Waals surface area contributed by atoms with E-state index in [-0.39, 0.29) is 11.8 Å². The van der Waals surface area contributed by atoms with Gasteiger partial charge in [-0.2, -0.15) is 0 Å². The number of carbonyl (C=O) groups is 1. The summed E-state index contributed by atoms with van der Waals surface area (Å²) in [5.74, 6) is 2.22. The fourth-order valence-corrected chi connectivity index (χ4v) is 3.53. The molecule has 1 aliphatic rings. The van der Waals surface area contributed by atoms with E-state index in [1.54, 1.807) is 0 Å². The number of nitrogens with zero attached hydrogens (tertiary/aromatic N) is 4. The molecule has 0 atom stereocenters. The van der Waals surface area contributed by atoms with Crippen LogP contribution in [0.1, 0.15) is 32.3 Å². The summed E-state index contributed by atoms with van der Waals surface area (Å²) in [5.41, 5.74) is 1.07. The van der Waals surface area contributed by atoms with E-state index in [0.717, 1.165) is 56.2 Å². The van der Waals surface area contributed by atoms with Gasteiger partial charge in [-0.15, -0.1) is 0 Å². The second-order valence-corrected chi connectivity index (χ2v) is 6.88. The van der Waals surface area contributed by atoms with Gasteiger partial charge in [0.2, 0.25) is 5.91 Å². The smallest absolute Gasteiger partial charge is 0.223 e. The van der Waals surface area contributed by atoms with Crippen molar-refractivity contribution in [3.63, 3.8) is 0 Å². The van der Waals surface area contributed by atoms with E-state index in [1.165, 1.54) is 0 Å². The van der Waals surface area contributed by atoms with Crippen molar-refractivity contribution in [1.82, 2.24) is 15.3 Å². The quantitative estimate of drug-likeness (QED) is 0.815. The molecule has 3 rings (SSSR count). The zero-order valence-electron chi connectivity index (χ0n) is 16.3. The van der Waals surface area contributed by atoms with Gasteiger partial charge in [0, 0.05) is 56.6 Å². The topological polar surface area (TPSA) is 61.4 Å². The summed E-state index contributed by atoms with van der Waals surface area (Å²) < 4.78 is 0. The van der Waals surface area contributed by atoms with Crippen LogP contribution in [0.4, 0.5) is 11.6 Å². The van der Waals surface area contributed by atoms with Gasteiger partial charge < -0.3 is 15.1 Å². The lowest BCUT2D eigenvalue weighted by atomic mass is 10.0. The van der Waals surface area contributed by atoms with E-state index in [2.05, 4.69) is 51.1 Å². The van der Waals surface area contributed by atoms with Crippen LogP contribution in [-0.4, -0.2) is 42.1 Å². The van der Waals surface area contributed by atoms with Crippen molar-refractivity contribution in [3.8, 4) is 0 Å². The van der Waals surface area contributed by atoms with Crippen LogP contribution >= 0.6 is 0 Å². The van der Waals surface area contributed by atoms with Gasteiger partial charge in [0.25, 0.3) is 0 Å². The Labute approximate surface area is 161 Å². The van der Waals surface area contributed by atoms with Crippen LogP contribution in [0.5, 0.6) is 0 Å². The number of carbonyl (C=O) groups excluding carboxylic acids is 1. The summed E-state index contributed by atoms with van der Waals surface area (Å²) in [5, 5.41) is 3.09. The molecule has 1 fully saturated rings. The fraction of sp³-hybridized carbons (Fsp3) is 0.476. The third-order valence-electron chi connectivity index (χ3n) is 5.23. The van der Waals surface area contributed by atoms with Crippen LogP contribution in [0.3, 0.4) is 0 Å². The summed E-state index contributed by atoms with van der Waals surface area (Å²) >= 11 is 0. The van der Waals surface area contributed by atoms with Gasteiger partial charge >= 0.3 is 0 Å². The minimum atomic E-state index is 0.0899. The minimum absolute atomic E-state index is 0.0899. The van der Waals surface area contributed by atoms with E-state index < -0.39 is 0 Å². The van der Waals surface area contributed by atoms with E-state index in [9.17, 15) is 4.79 Å². The van der Waals surface area contributed by atoms with Gasteiger partial charge in [0.15, 0.2) is 0 Å². The fourth-order valence-electron chi connectivity index (χ4n) is 3.53. The molecule has 0 unspecified atom stereocenters. The van der Waals surface area contributed by atoms with Crippen LogP contribution in [0.15, 0.2) is 42.7 Å². The molecule has 144 valence electrons. The normalized spacial score (nSPS) is 14.5. The molecule has 0 aliphatic carbocycles. The number of hydrogen-bond donors (Lipinski definition) is 1. The Bertz CT molecular complexity index is 724. The third kappa shape index (κ3) is 4.76. The van der Waals surface area contributed by atoms with Gasteiger partial charge in [-0.05, 0) is 31.0 Å². The molecule has 27 heavy (non-hydrogen) atoms. The lowest BCUT2D eigenvalue weighted by molar-refractivity contribution is -0.125. The summed E-state index contributed by atoms with van der Waals surface area (Å²) in [6.45, 7) is 8.25. The van der Waals surface area contributed by atoms with Crippen LogP contribution < -0.4 is 15.1 Å². The molecule has 0 spiro atoms. The zero-order valence-corrected chi connectivity index (χ0v) is 16.3. The first-order valence-corrected chi connectivity index (χ1v) is 9.85. The van der Waals surface area contributed by atoms with Crippen LogP contribution in [0, 0.1) is 5.92 Å². The van der Waals surface area contributed by atoms with Crippen molar-refractivity contribution < 1.29 is 4.79 Å². The molecule has 6 nitrogen and oxygen atoms in total. The minimum Gasteiger partial charge on any atom is -0.353 e.